The van der Waals surface area contributed by atoms with Crippen molar-refractivity contribution in [1.82, 2.24) is 25.3 Å². The number of amides is 3. The summed E-state index contributed by atoms with van der Waals surface area (Å²) in [6, 6.07) is 7.31. The van der Waals surface area contributed by atoms with Crippen LogP contribution < -0.4 is 10.6 Å². The van der Waals surface area contributed by atoms with Gasteiger partial charge in [-0.15, -0.1) is 8.86 Å². The molecule has 3 amide bonds. The van der Waals surface area contributed by atoms with E-state index in [1.807, 2.05) is 63.1 Å². The number of likely N-dealkylation sites (N-methyl/N-ethyl adjacent to an activating group) is 2. The Bertz CT molecular complexity index is 1550. The average molecular weight is 906 g/mol. The van der Waals surface area contributed by atoms with Crippen LogP contribution >= 0.6 is 8.86 Å². The molecule has 0 spiro atoms. The smallest absolute Gasteiger partial charge is 0.323 e. The highest BCUT2D eigenvalue weighted by Gasteiger charge is 2.43. The molecule has 3 rings (SSSR count). The third-order valence-corrected chi connectivity index (χ3v) is 13.5. The lowest BCUT2D eigenvalue weighted by Crippen LogP contribution is -2.59. The fraction of sp³-hybridized carbons (Fsp3) is 0.766. The summed E-state index contributed by atoms with van der Waals surface area (Å²) in [7, 11) is 12.4. The highest BCUT2D eigenvalue weighted by Crippen LogP contribution is 2.30. The van der Waals surface area contributed by atoms with E-state index in [2.05, 4.69) is 45.2 Å². The Hall–Kier alpha value is -3.01. The molecule has 16 heteroatoms. The van der Waals surface area contributed by atoms with Gasteiger partial charge in [-0.1, -0.05) is 78.3 Å². The molecular weight excluding hydrogens is 826 g/mol. The van der Waals surface area contributed by atoms with E-state index in [-0.39, 0.29) is 73.1 Å². The van der Waals surface area contributed by atoms with E-state index in [1.54, 1.807) is 33.3 Å². The number of benzene rings is 1. The second-order valence-electron chi connectivity index (χ2n) is 17.7. The number of nitrogens with zero attached hydrogens (tertiary/aromatic N) is 3. The summed E-state index contributed by atoms with van der Waals surface area (Å²) in [4.78, 5) is 61.5. The molecule has 2 saturated heterocycles. The summed E-state index contributed by atoms with van der Waals surface area (Å²) in [5.41, 5.74) is 1.61. The monoisotopic (exact) mass is 906 g/mol. The summed E-state index contributed by atoms with van der Waals surface area (Å²) >= 11 is 0. The van der Waals surface area contributed by atoms with Gasteiger partial charge in [-0.05, 0) is 62.6 Å². The van der Waals surface area contributed by atoms with Gasteiger partial charge in [0.15, 0.2) is 0 Å². The molecule has 10 atom stereocenters. The Balaban J connectivity index is 1.72. The lowest BCUT2D eigenvalue weighted by atomic mass is 9.89. The molecule has 1 unspecified atom stereocenters. The molecular formula is C47H80N5O10P. The second-order valence-corrected chi connectivity index (χ2v) is 18.2. The number of ether oxygens (including phenoxy) is 6. The number of carbonyl (C=O) groups is 4. The van der Waals surface area contributed by atoms with Crippen molar-refractivity contribution in [2.75, 3.05) is 88.2 Å². The lowest BCUT2D eigenvalue weighted by Gasteiger charge is -2.41. The standard InChI is InChI=1S/C47H80N5O10P/c1-12-32(4)41(51(8)46(55)40(31(2)3)49-44(54)42-33(5)20-22-50(42)7)38(58-10)30-39(53)52-21-16-19-37(52)43(59-11)34(6)45(63)48-36(29-35-17-14-13-15-18-35)47(56)62-28-27-61-26-25-60-24-23-57-9/h13-15,17-18,31-34,36-38,40-43,48,63H,12,16,19-30H2,1-11H3,(H,49,54)/t32-,33?,34+,36-,37-,38+,40-,41-,42-,43+/m0/s1. The molecule has 2 aliphatic rings. The maximum atomic E-state index is 14.4. The molecule has 2 heterocycles. The number of methoxy groups -OCH3 is 3. The number of nitrogens with one attached hydrogen (secondary N) is 2. The first-order valence-electron chi connectivity index (χ1n) is 22.9. The van der Waals surface area contributed by atoms with Crippen molar-refractivity contribution in [2.45, 2.75) is 122 Å². The Kier molecular flexibility index (Phi) is 24.2. The van der Waals surface area contributed by atoms with E-state index in [1.165, 1.54) is 0 Å². The van der Waals surface area contributed by atoms with Gasteiger partial charge in [-0.3, -0.25) is 29.4 Å². The van der Waals surface area contributed by atoms with E-state index in [0.29, 0.717) is 44.8 Å². The topological polar surface area (TPSA) is 157 Å². The van der Waals surface area contributed by atoms with Crippen LogP contribution in [0.4, 0.5) is 0 Å². The predicted molar refractivity (Wildman–Crippen MR) is 248 cm³/mol. The summed E-state index contributed by atoms with van der Waals surface area (Å²) in [6.45, 7) is 15.6. The normalized spacial score (nSPS) is 21.3. The average Bonchev–Trinajstić information content (AvgIpc) is 3.89. The molecule has 1 aromatic carbocycles. The predicted octanol–water partition coefficient (Wildman–Crippen LogP) is 4.08. The largest absolute Gasteiger partial charge is 0.462 e. The quantitative estimate of drug-likeness (QED) is 0.0676. The molecule has 0 radical (unpaired) electrons. The first-order chi connectivity index (χ1) is 30.1. The Morgan fingerprint density at radius 2 is 1.54 bits per heavy atom. The zero-order valence-corrected chi connectivity index (χ0v) is 41.1. The maximum absolute atomic E-state index is 14.4. The third kappa shape index (κ3) is 16.1. The molecule has 0 bridgehead atoms. The minimum atomic E-state index is -0.733. The molecule has 2 fully saturated rings. The zero-order valence-electron chi connectivity index (χ0n) is 40.1. The molecule has 63 heavy (non-hydrogen) atoms. The number of esters is 1. The summed E-state index contributed by atoms with van der Waals surface area (Å²) in [6.07, 6.45) is 2.64. The summed E-state index contributed by atoms with van der Waals surface area (Å²) in [5, 5.41) is 6.49. The summed E-state index contributed by atoms with van der Waals surface area (Å²) in [5.74, 6) is -1.09. The molecule has 0 aromatic heterocycles. The molecule has 0 aliphatic carbocycles. The van der Waals surface area contributed by atoms with E-state index < -0.39 is 36.3 Å². The lowest BCUT2D eigenvalue weighted by molar-refractivity contribution is -0.147. The van der Waals surface area contributed by atoms with Gasteiger partial charge in [-0.25, -0.2) is 0 Å². The van der Waals surface area contributed by atoms with Crippen molar-refractivity contribution in [1.29, 1.82) is 0 Å². The fourth-order valence-corrected chi connectivity index (χ4v) is 9.36. The Labute approximate surface area is 380 Å². The van der Waals surface area contributed by atoms with Crippen LogP contribution in [0.15, 0.2) is 30.3 Å². The first kappa shape index (κ1) is 54.3. The van der Waals surface area contributed by atoms with Gasteiger partial charge in [0.2, 0.25) is 17.7 Å². The fourth-order valence-electron chi connectivity index (χ4n) is 9.02. The molecule has 358 valence electrons. The van der Waals surface area contributed by atoms with Crippen LogP contribution in [0, 0.1) is 23.7 Å². The molecule has 0 saturated carbocycles. The van der Waals surface area contributed by atoms with Gasteiger partial charge < -0.3 is 43.5 Å². The van der Waals surface area contributed by atoms with Crippen molar-refractivity contribution >= 4 is 38.0 Å². The highest BCUT2D eigenvalue weighted by molar-refractivity contribution is 7.21. The minimum Gasteiger partial charge on any atom is -0.462 e. The van der Waals surface area contributed by atoms with Crippen LogP contribution in [0.3, 0.4) is 0 Å². The van der Waals surface area contributed by atoms with Crippen LogP contribution in [-0.2, 0) is 54.0 Å². The van der Waals surface area contributed by atoms with Gasteiger partial charge in [0.05, 0.1) is 69.8 Å². The third-order valence-electron chi connectivity index (χ3n) is 12.9. The Morgan fingerprint density at radius 3 is 2.11 bits per heavy atom. The van der Waals surface area contributed by atoms with Crippen LogP contribution in [0.1, 0.15) is 79.2 Å². The second kappa shape index (κ2) is 28.1. The van der Waals surface area contributed by atoms with Gasteiger partial charge in [0.1, 0.15) is 18.7 Å². The van der Waals surface area contributed by atoms with Crippen molar-refractivity contribution in [3.05, 3.63) is 35.9 Å². The molecule has 2 aliphatic heterocycles. The van der Waals surface area contributed by atoms with Crippen molar-refractivity contribution in [2.24, 2.45) is 23.7 Å². The van der Waals surface area contributed by atoms with Gasteiger partial charge in [0, 0.05) is 46.3 Å². The zero-order chi connectivity index (χ0) is 46.6. The number of likely N-dealkylation sites (tertiary alicyclic amines) is 2. The maximum Gasteiger partial charge on any atom is 0.323 e. The number of carbonyl (C=O) groups excluding carboxylic acids is 4. The van der Waals surface area contributed by atoms with E-state index in [9.17, 15) is 19.2 Å². The number of hydrogen-bond acceptors (Lipinski definition) is 11. The van der Waals surface area contributed by atoms with Gasteiger partial charge >= 0.3 is 5.97 Å². The van der Waals surface area contributed by atoms with Crippen molar-refractivity contribution in [3.63, 3.8) is 0 Å². The number of rotatable bonds is 29. The minimum absolute atomic E-state index is 0.00686. The van der Waals surface area contributed by atoms with Crippen LogP contribution in [0.5, 0.6) is 0 Å². The van der Waals surface area contributed by atoms with Crippen LogP contribution in [0.25, 0.3) is 0 Å². The molecule has 1 aromatic rings. The Morgan fingerprint density at radius 1 is 0.889 bits per heavy atom. The van der Waals surface area contributed by atoms with E-state index in [0.717, 1.165) is 37.8 Å². The van der Waals surface area contributed by atoms with Crippen molar-refractivity contribution in [3.8, 4) is 0 Å². The van der Waals surface area contributed by atoms with Gasteiger partial charge in [-0.2, -0.15) is 0 Å². The van der Waals surface area contributed by atoms with Crippen LogP contribution in [-0.4, -0.2) is 174 Å². The van der Waals surface area contributed by atoms with E-state index in [4.69, 9.17) is 28.4 Å². The molecule has 15 nitrogen and oxygen atoms in total. The van der Waals surface area contributed by atoms with Crippen LogP contribution in [0.2, 0.25) is 0 Å². The number of hydrogen-bond donors (Lipinski definition) is 2. The summed E-state index contributed by atoms with van der Waals surface area (Å²) < 4.78 is 33.9. The molecule has 2 N–H and O–H groups in total. The highest BCUT2D eigenvalue weighted by atomic mass is 31.0. The van der Waals surface area contributed by atoms with Gasteiger partial charge in [0.25, 0.3) is 0 Å². The SMILES string of the molecule is CC[C@H](C)[C@@H]([C@@H](CC(=O)N1CCC[C@H]1[C@H](OC)[C@@H](C)C(=P)N[C@@H](Cc1ccccc1)C(=O)OCCOCCOCCOC)OC)N(C)C(=O)[C@@H](NC(=O)[C@@H]1C(C)CCN1C)C(C)C. The first-order valence-corrected chi connectivity index (χ1v) is 23.4. The van der Waals surface area contributed by atoms with Crippen molar-refractivity contribution < 1.29 is 47.6 Å². The van der Waals surface area contributed by atoms with E-state index >= 15 is 0 Å².